The van der Waals surface area contributed by atoms with Gasteiger partial charge in [-0.2, -0.15) is 0 Å². The zero-order valence-electron chi connectivity index (χ0n) is 17.3. The van der Waals surface area contributed by atoms with Crippen molar-refractivity contribution >= 4 is 17.3 Å². The Balaban J connectivity index is 1.38. The highest BCUT2D eigenvalue weighted by atomic mass is 16.6. The Hall–Kier alpha value is -3.13. The summed E-state index contributed by atoms with van der Waals surface area (Å²) in [6.45, 7) is 4.40. The second kappa shape index (κ2) is 11.2. The van der Waals surface area contributed by atoms with Crippen LogP contribution in [-0.2, 0) is 11.3 Å². The van der Waals surface area contributed by atoms with Gasteiger partial charge in [0, 0.05) is 45.2 Å². The van der Waals surface area contributed by atoms with Gasteiger partial charge in [-0.1, -0.05) is 42.5 Å². The van der Waals surface area contributed by atoms with Crippen molar-refractivity contribution in [3.8, 4) is 0 Å². The second-order valence-electron chi connectivity index (χ2n) is 7.28. The van der Waals surface area contributed by atoms with Crippen molar-refractivity contribution in [1.82, 2.24) is 10.2 Å². The minimum Gasteiger partial charge on any atom is -0.378 e. The lowest BCUT2D eigenvalue weighted by atomic mass is 10.1. The monoisotopic (exact) mass is 411 g/mol. The van der Waals surface area contributed by atoms with Gasteiger partial charge in [0.05, 0.1) is 18.1 Å². The lowest BCUT2D eigenvalue weighted by molar-refractivity contribution is -0.384. The van der Waals surface area contributed by atoms with Crippen LogP contribution in [0.1, 0.15) is 12.0 Å². The van der Waals surface area contributed by atoms with Gasteiger partial charge in [0.25, 0.3) is 5.69 Å². The first kappa shape index (κ1) is 21.6. The molecule has 1 aliphatic heterocycles. The van der Waals surface area contributed by atoms with Crippen LogP contribution < -0.4 is 10.6 Å². The molecule has 2 N–H and O–H groups in total. The van der Waals surface area contributed by atoms with E-state index >= 15 is 0 Å². The molecule has 2 aromatic rings. The van der Waals surface area contributed by atoms with Gasteiger partial charge in [0.2, 0.25) is 0 Å². The molecule has 30 heavy (non-hydrogen) atoms. The summed E-state index contributed by atoms with van der Waals surface area (Å²) in [5.41, 5.74) is 1.80. The van der Waals surface area contributed by atoms with Crippen LogP contribution in [0.25, 0.3) is 0 Å². The van der Waals surface area contributed by atoms with Crippen LogP contribution in [0, 0.1) is 16.0 Å². The fourth-order valence-corrected chi connectivity index (χ4v) is 3.56. The highest BCUT2D eigenvalue weighted by Gasteiger charge is 2.24. The molecule has 8 nitrogen and oxygen atoms in total. The summed E-state index contributed by atoms with van der Waals surface area (Å²) in [6.07, 6.45) is 1.07. The predicted molar refractivity (Wildman–Crippen MR) is 119 cm³/mol. The van der Waals surface area contributed by atoms with Gasteiger partial charge in [0.15, 0.2) is 5.96 Å². The third kappa shape index (κ3) is 6.18. The van der Waals surface area contributed by atoms with E-state index in [1.807, 2.05) is 18.2 Å². The molecule has 160 valence electrons. The average molecular weight is 412 g/mol. The molecule has 1 saturated heterocycles. The zero-order chi connectivity index (χ0) is 21.2. The van der Waals surface area contributed by atoms with Crippen molar-refractivity contribution in [2.75, 3.05) is 45.2 Å². The topological polar surface area (TPSA) is 92.0 Å². The number of nitrogens with zero attached hydrogens (tertiary/aromatic N) is 3. The summed E-state index contributed by atoms with van der Waals surface area (Å²) in [5.74, 6) is 1.34. The maximum atomic E-state index is 11.1. The molecule has 0 aliphatic carbocycles. The summed E-state index contributed by atoms with van der Waals surface area (Å²) in [4.78, 5) is 17.3. The molecular weight excluding hydrogens is 382 g/mol. The molecular formula is C22H29N5O3. The first-order chi connectivity index (χ1) is 14.7. The third-order valence-electron chi connectivity index (χ3n) is 5.09. The van der Waals surface area contributed by atoms with Crippen LogP contribution >= 0.6 is 0 Å². The normalized spacial score (nSPS) is 16.5. The first-order valence-electron chi connectivity index (χ1n) is 10.2. The molecule has 0 saturated carbocycles. The number of likely N-dealkylation sites (tertiary alicyclic amines) is 1. The van der Waals surface area contributed by atoms with Crippen molar-refractivity contribution in [1.29, 1.82) is 0 Å². The van der Waals surface area contributed by atoms with Gasteiger partial charge in [-0.3, -0.25) is 15.1 Å². The summed E-state index contributed by atoms with van der Waals surface area (Å²) >= 11 is 0. The van der Waals surface area contributed by atoms with Crippen LogP contribution in [0.2, 0.25) is 0 Å². The lowest BCUT2D eigenvalue weighted by Crippen LogP contribution is -2.42. The van der Waals surface area contributed by atoms with E-state index < -0.39 is 0 Å². The van der Waals surface area contributed by atoms with Gasteiger partial charge in [0.1, 0.15) is 5.69 Å². The number of guanidine groups is 1. The van der Waals surface area contributed by atoms with Gasteiger partial charge in [-0.15, -0.1) is 0 Å². The fraction of sp³-hybridized carbons (Fsp3) is 0.409. The highest BCUT2D eigenvalue weighted by Crippen LogP contribution is 2.22. The van der Waals surface area contributed by atoms with Crippen LogP contribution in [-0.4, -0.2) is 55.6 Å². The molecule has 1 atom stereocenters. The number of rotatable bonds is 9. The largest absolute Gasteiger partial charge is 0.378 e. The number of anilines is 1. The number of ether oxygens (including phenoxy) is 1. The summed E-state index contributed by atoms with van der Waals surface area (Å²) in [7, 11) is 1.77. The van der Waals surface area contributed by atoms with E-state index in [0.29, 0.717) is 31.3 Å². The number of aliphatic imine (C=N–C) groups is 1. The Morgan fingerprint density at radius 1 is 1.20 bits per heavy atom. The number of benzene rings is 2. The number of para-hydroxylation sites is 2. The second-order valence-corrected chi connectivity index (χ2v) is 7.28. The van der Waals surface area contributed by atoms with E-state index in [9.17, 15) is 10.1 Å². The van der Waals surface area contributed by atoms with Crippen molar-refractivity contribution in [3.05, 3.63) is 70.3 Å². The van der Waals surface area contributed by atoms with Crippen LogP contribution in [0.5, 0.6) is 0 Å². The van der Waals surface area contributed by atoms with Crippen molar-refractivity contribution in [2.45, 2.75) is 13.0 Å². The third-order valence-corrected chi connectivity index (χ3v) is 5.09. The molecule has 0 amide bonds. The number of hydrogen-bond donors (Lipinski definition) is 2. The smallest absolute Gasteiger partial charge is 0.292 e. The molecule has 0 aromatic heterocycles. The summed E-state index contributed by atoms with van der Waals surface area (Å²) in [6, 6.07) is 16.9. The molecule has 2 aromatic carbocycles. The van der Waals surface area contributed by atoms with E-state index in [0.717, 1.165) is 32.1 Å². The Bertz CT molecular complexity index is 844. The molecule has 1 aliphatic rings. The summed E-state index contributed by atoms with van der Waals surface area (Å²) in [5, 5.41) is 17.5. The lowest BCUT2D eigenvalue weighted by Gasteiger charge is -2.22. The first-order valence-corrected chi connectivity index (χ1v) is 10.2. The molecule has 0 spiro atoms. The van der Waals surface area contributed by atoms with Gasteiger partial charge >= 0.3 is 0 Å². The van der Waals surface area contributed by atoms with Gasteiger partial charge in [-0.05, 0) is 18.1 Å². The van der Waals surface area contributed by atoms with Gasteiger partial charge < -0.3 is 20.3 Å². The molecule has 1 fully saturated rings. The Morgan fingerprint density at radius 3 is 2.73 bits per heavy atom. The quantitative estimate of drug-likeness (QED) is 0.217. The zero-order valence-corrected chi connectivity index (χ0v) is 17.3. The maximum absolute atomic E-state index is 11.1. The van der Waals surface area contributed by atoms with Crippen LogP contribution in [0.15, 0.2) is 59.6 Å². The Morgan fingerprint density at radius 2 is 1.97 bits per heavy atom. The molecule has 1 heterocycles. The van der Waals surface area contributed by atoms with Crippen molar-refractivity contribution < 1.29 is 9.66 Å². The fourth-order valence-electron chi connectivity index (χ4n) is 3.56. The van der Waals surface area contributed by atoms with Gasteiger partial charge in [-0.25, -0.2) is 0 Å². The number of nitrogens with one attached hydrogen (secondary N) is 2. The minimum atomic E-state index is -0.376. The minimum absolute atomic E-state index is 0.0831. The molecule has 0 radical (unpaired) electrons. The van der Waals surface area contributed by atoms with Crippen molar-refractivity contribution in [2.24, 2.45) is 10.9 Å². The standard InChI is InChI=1S/C22H29N5O3/c1-23-22(25-13-12-24-20-9-5-6-10-21(20)27(28)29)26-14-11-19(15-26)17-30-16-18-7-3-2-4-8-18/h2-10,19,24H,11-17H2,1H3,(H,23,25). The Kier molecular flexibility index (Phi) is 8.02. The molecule has 8 heteroatoms. The number of nitro groups is 1. The molecule has 1 unspecified atom stereocenters. The van der Waals surface area contributed by atoms with E-state index in [1.165, 1.54) is 11.6 Å². The van der Waals surface area contributed by atoms with Crippen LogP contribution in [0.4, 0.5) is 11.4 Å². The number of hydrogen-bond acceptors (Lipinski definition) is 5. The summed E-state index contributed by atoms with van der Waals surface area (Å²) < 4.78 is 5.89. The van der Waals surface area contributed by atoms with Crippen LogP contribution in [0.3, 0.4) is 0 Å². The maximum Gasteiger partial charge on any atom is 0.292 e. The SMILES string of the molecule is CN=C(NCCNc1ccccc1[N+](=O)[O-])N1CCC(COCc2ccccc2)C1. The van der Waals surface area contributed by atoms with E-state index in [1.54, 1.807) is 25.2 Å². The van der Waals surface area contributed by atoms with E-state index in [4.69, 9.17) is 4.74 Å². The average Bonchev–Trinajstić information content (AvgIpc) is 3.23. The predicted octanol–water partition coefficient (Wildman–Crippen LogP) is 3.12. The van der Waals surface area contributed by atoms with Crippen molar-refractivity contribution in [3.63, 3.8) is 0 Å². The molecule has 3 rings (SSSR count). The highest BCUT2D eigenvalue weighted by molar-refractivity contribution is 5.80. The van der Waals surface area contributed by atoms with E-state index in [-0.39, 0.29) is 10.6 Å². The van der Waals surface area contributed by atoms with E-state index in [2.05, 4.69) is 32.7 Å². The molecule has 0 bridgehead atoms. The Labute approximate surface area is 177 Å². The number of nitro benzene ring substituents is 1.